The second-order valence-corrected chi connectivity index (χ2v) is 6.83. The lowest BCUT2D eigenvalue weighted by Gasteiger charge is -2.18. The minimum absolute atomic E-state index is 0.436. The number of unbranched alkanes of at least 4 members (excludes halogenated alkanes) is 1. The molecule has 0 aliphatic rings. The molecule has 1 aromatic rings. The maximum atomic E-state index is 4.61. The lowest BCUT2D eigenvalue weighted by atomic mass is 9.90. The fourth-order valence-corrected chi connectivity index (χ4v) is 2.19. The van der Waals surface area contributed by atoms with Crippen LogP contribution in [0.3, 0.4) is 0 Å². The number of guanidine groups is 1. The Labute approximate surface area is 135 Å². The molecule has 5 heteroatoms. The normalized spacial score (nSPS) is 12.5. The van der Waals surface area contributed by atoms with Crippen molar-refractivity contribution in [1.29, 1.82) is 0 Å². The second-order valence-electron chi connectivity index (χ2n) is 6.83. The highest BCUT2D eigenvalue weighted by Gasteiger charge is 2.08. The van der Waals surface area contributed by atoms with Crippen LogP contribution in [0.1, 0.15) is 53.4 Å². The SMILES string of the molecule is CCNC(=NCCCn1cccn1)NCCCCC(C)(C)C. The first-order chi connectivity index (χ1) is 10.5. The van der Waals surface area contributed by atoms with E-state index in [0.717, 1.165) is 38.6 Å². The van der Waals surface area contributed by atoms with Crippen molar-refractivity contribution in [2.24, 2.45) is 10.4 Å². The molecule has 22 heavy (non-hydrogen) atoms. The average molecular weight is 307 g/mol. The van der Waals surface area contributed by atoms with Crippen LogP contribution in [0.2, 0.25) is 0 Å². The van der Waals surface area contributed by atoms with Crippen molar-refractivity contribution in [1.82, 2.24) is 20.4 Å². The molecular formula is C17H33N5. The molecule has 0 bridgehead atoms. The number of hydrogen-bond donors (Lipinski definition) is 2. The van der Waals surface area contributed by atoms with Crippen molar-refractivity contribution in [3.8, 4) is 0 Å². The van der Waals surface area contributed by atoms with Gasteiger partial charge in [-0.05, 0) is 37.7 Å². The van der Waals surface area contributed by atoms with Crippen molar-refractivity contribution < 1.29 is 0 Å². The van der Waals surface area contributed by atoms with Crippen molar-refractivity contribution in [3.63, 3.8) is 0 Å². The maximum Gasteiger partial charge on any atom is 0.191 e. The molecule has 0 aliphatic heterocycles. The fraction of sp³-hybridized carbons (Fsp3) is 0.765. The monoisotopic (exact) mass is 307 g/mol. The highest BCUT2D eigenvalue weighted by atomic mass is 15.3. The molecule has 0 radical (unpaired) electrons. The molecule has 0 aromatic carbocycles. The third-order valence-corrected chi connectivity index (χ3v) is 3.36. The molecule has 0 amide bonds. The first kappa shape index (κ1) is 18.5. The number of aromatic nitrogens is 2. The molecule has 1 heterocycles. The minimum Gasteiger partial charge on any atom is -0.357 e. The van der Waals surface area contributed by atoms with Crippen molar-refractivity contribution in [3.05, 3.63) is 18.5 Å². The van der Waals surface area contributed by atoms with E-state index < -0.39 is 0 Å². The summed E-state index contributed by atoms with van der Waals surface area (Å²) in [6, 6.07) is 1.95. The van der Waals surface area contributed by atoms with E-state index in [1.165, 1.54) is 19.3 Å². The van der Waals surface area contributed by atoms with Gasteiger partial charge in [-0.3, -0.25) is 9.67 Å². The van der Waals surface area contributed by atoms with Gasteiger partial charge in [-0.25, -0.2) is 0 Å². The van der Waals surface area contributed by atoms with E-state index in [1.54, 1.807) is 0 Å². The van der Waals surface area contributed by atoms with Crippen molar-refractivity contribution >= 4 is 5.96 Å². The second kappa shape index (κ2) is 10.2. The third-order valence-electron chi connectivity index (χ3n) is 3.36. The summed E-state index contributed by atoms with van der Waals surface area (Å²) in [4.78, 5) is 4.61. The van der Waals surface area contributed by atoms with Crippen LogP contribution >= 0.6 is 0 Å². The van der Waals surface area contributed by atoms with Crippen LogP contribution in [-0.4, -0.2) is 35.4 Å². The number of rotatable bonds is 9. The summed E-state index contributed by atoms with van der Waals surface area (Å²) >= 11 is 0. The first-order valence-electron chi connectivity index (χ1n) is 8.51. The lowest BCUT2D eigenvalue weighted by Crippen LogP contribution is -2.38. The van der Waals surface area contributed by atoms with E-state index in [0.29, 0.717) is 5.41 Å². The van der Waals surface area contributed by atoms with E-state index in [4.69, 9.17) is 0 Å². The van der Waals surface area contributed by atoms with Crippen LogP contribution in [-0.2, 0) is 6.54 Å². The zero-order valence-corrected chi connectivity index (χ0v) is 14.7. The molecule has 0 saturated carbocycles. The van der Waals surface area contributed by atoms with Crippen LogP contribution in [0.5, 0.6) is 0 Å². The summed E-state index contributed by atoms with van der Waals surface area (Å²) < 4.78 is 1.95. The van der Waals surface area contributed by atoms with Crippen LogP contribution < -0.4 is 10.6 Å². The molecule has 2 N–H and O–H groups in total. The number of nitrogens with one attached hydrogen (secondary N) is 2. The molecule has 0 atom stereocenters. The van der Waals surface area contributed by atoms with Crippen LogP contribution in [0.25, 0.3) is 0 Å². The van der Waals surface area contributed by atoms with Gasteiger partial charge in [0.1, 0.15) is 0 Å². The maximum absolute atomic E-state index is 4.61. The molecule has 126 valence electrons. The highest BCUT2D eigenvalue weighted by molar-refractivity contribution is 5.79. The summed E-state index contributed by atoms with van der Waals surface area (Å²) in [5, 5.41) is 10.9. The van der Waals surface area contributed by atoms with Gasteiger partial charge >= 0.3 is 0 Å². The molecule has 0 unspecified atom stereocenters. The Morgan fingerprint density at radius 2 is 2.00 bits per heavy atom. The predicted octanol–water partition coefficient (Wildman–Crippen LogP) is 3.04. The molecular weight excluding hydrogens is 274 g/mol. The zero-order chi connectivity index (χ0) is 16.3. The topological polar surface area (TPSA) is 54.2 Å². The summed E-state index contributed by atoms with van der Waals surface area (Å²) in [6.07, 6.45) is 8.52. The molecule has 1 rings (SSSR count). The van der Waals surface area contributed by atoms with Crippen molar-refractivity contribution in [2.75, 3.05) is 19.6 Å². The fourth-order valence-electron chi connectivity index (χ4n) is 2.19. The largest absolute Gasteiger partial charge is 0.357 e. The Kier molecular flexibility index (Phi) is 8.63. The van der Waals surface area contributed by atoms with Gasteiger partial charge in [-0.15, -0.1) is 0 Å². The standard InChI is InChI=1S/C17H33N5/c1-5-18-16(19-11-7-6-10-17(2,3)4)20-12-8-14-22-15-9-13-21-22/h9,13,15H,5-8,10-12,14H2,1-4H3,(H2,18,19,20). The van der Waals surface area contributed by atoms with Gasteiger partial charge in [-0.2, -0.15) is 5.10 Å². The summed E-state index contributed by atoms with van der Waals surface area (Å²) in [7, 11) is 0. The van der Waals surface area contributed by atoms with Gasteiger partial charge in [0.2, 0.25) is 0 Å². The Morgan fingerprint density at radius 1 is 1.18 bits per heavy atom. The van der Waals surface area contributed by atoms with E-state index in [1.807, 2.05) is 23.1 Å². The van der Waals surface area contributed by atoms with Crippen LogP contribution in [0, 0.1) is 5.41 Å². The van der Waals surface area contributed by atoms with Gasteiger partial charge in [0.25, 0.3) is 0 Å². The minimum atomic E-state index is 0.436. The van der Waals surface area contributed by atoms with Gasteiger partial charge in [0, 0.05) is 38.6 Å². The highest BCUT2D eigenvalue weighted by Crippen LogP contribution is 2.21. The smallest absolute Gasteiger partial charge is 0.191 e. The Morgan fingerprint density at radius 3 is 2.64 bits per heavy atom. The first-order valence-corrected chi connectivity index (χ1v) is 8.51. The number of hydrogen-bond acceptors (Lipinski definition) is 2. The van der Waals surface area contributed by atoms with E-state index in [9.17, 15) is 0 Å². The Bertz CT molecular complexity index is 403. The summed E-state index contributed by atoms with van der Waals surface area (Å²) in [5.74, 6) is 0.929. The number of nitrogens with zero attached hydrogens (tertiary/aromatic N) is 3. The van der Waals surface area contributed by atoms with Gasteiger partial charge in [-0.1, -0.05) is 27.2 Å². The molecule has 0 aliphatic carbocycles. The summed E-state index contributed by atoms with van der Waals surface area (Å²) in [6.45, 7) is 12.6. The molecule has 0 spiro atoms. The quantitative estimate of drug-likeness (QED) is 0.419. The predicted molar refractivity (Wildman–Crippen MR) is 94.1 cm³/mol. The molecule has 0 fully saturated rings. The zero-order valence-electron chi connectivity index (χ0n) is 14.7. The van der Waals surface area contributed by atoms with E-state index in [2.05, 4.69) is 48.4 Å². The van der Waals surface area contributed by atoms with Crippen LogP contribution in [0.15, 0.2) is 23.5 Å². The van der Waals surface area contributed by atoms with Gasteiger partial charge in [0.15, 0.2) is 5.96 Å². The van der Waals surface area contributed by atoms with Gasteiger partial charge < -0.3 is 10.6 Å². The number of aliphatic imine (C=N–C) groups is 1. The Balaban J connectivity index is 2.18. The Hall–Kier alpha value is -1.52. The van der Waals surface area contributed by atoms with Crippen LogP contribution in [0.4, 0.5) is 0 Å². The van der Waals surface area contributed by atoms with Crippen molar-refractivity contribution in [2.45, 2.75) is 59.9 Å². The van der Waals surface area contributed by atoms with Gasteiger partial charge in [0.05, 0.1) is 0 Å². The molecule has 0 saturated heterocycles. The average Bonchev–Trinajstić information content (AvgIpc) is 2.95. The van der Waals surface area contributed by atoms with E-state index >= 15 is 0 Å². The third kappa shape index (κ3) is 9.42. The summed E-state index contributed by atoms with van der Waals surface area (Å²) in [5.41, 5.74) is 0.436. The lowest BCUT2D eigenvalue weighted by molar-refractivity contribution is 0.360. The number of aryl methyl sites for hydroxylation is 1. The molecule has 5 nitrogen and oxygen atoms in total. The van der Waals surface area contributed by atoms with E-state index in [-0.39, 0.29) is 0 Å². The molecule has 1 aromatic heterocycles.